The van der Waals surface area contributed by atoms with Gasteiger partial charge in [-0.15, -0.1) is 0 Å². The second kappa shape index (κ2) is 6.20. The summed E-state index contributed by atoms with van der Waals surface area (Å²) in [5, 5.41) is 7.22. The quantitative estimate of drug-likeness (QED) is 0.793. The van der Waals surface area contributed by atoms with Crippen molar-refractivity contribution in [3.8, 4) is 5.69 Å². The summed E-state index contributed by atoms with van der Waals surface area (Å²) >= 11 is 0. The molecule has 1 fully saturated rings. The molecule has 4 rings (SSSR count). The zero-order valence-corrected chi connectivity index (χ0v) is 14.1. The Hall–Kier alpha value is -2.89. The van der Waals surface area contributed by atoms with E-state index in [1.54, 1.807) is 6.92 Å². The van der Waals surface area contributed by atoms with Gasteiger partial charge >= 0.3 is 0 Å². The fraction of sp³-hybridized carbons (Fsp3) is 0.316. The van der Waals surface area contributed by atoms with Crippen LogP contribution in [-0.2, 0) is 5.54 Å². The lowest BCUT2D eigenvalue weighted by Crippen LogP contribution is -2.44. The maximum absolute atomic E-state index is 12.8. The van der Waals surface area contributed by atoms with Crippen molar-refractivity contribution < 1.29 is 9.32 Å². The molecule has 1 aliphatic rings. The Morgan fingerprint density at radius 1 is 1.16 bits per heavy atom. The van der Waals surface area contributed by atoms with Gasteiger partial charge in [0.2, 0.25) is 5.89 Å². The third-order valence-electron chi connectivity index (χ3n) is 4.80. The molecule has 3 aromatic rings. The molecule has 6 heteroatoms. The molecular formula is C19H20N4O2. The van der Waals surface area contributed by atoms with Crippen molar-refractivity contribution in [1.29, 1.82) is 0 Å². The van der Waals surface area contributed by atoms with Gasteiger partial charge in [0.25, 0.3) is 5.91 Å². The molecule has 1 aromatic carbocycles. The minimum Gasteiger partial charge on any atom is -0.340 e. The van der Waals surface area contributed by atoms with Gasteiger partial charge < -0.3 is 14.4 Å². The summed E-state index contributed by atoms with van der Waals surface area (Å²) in [6.45, 7) is 1.76. The number of nitrogens with one attached hydrogen (secondary N) is 1. The molecule has 0 unspecified atom stereocenters. The van der Waals surface area contributed by atoms with E-state index in [4.69, 9.17) is 4.52 Å². The minimum absolute atomic E-state index is 0.108. The molecule has 0 spiro atoms. The number of hydrogen-bond acceptors (Lipinski definition) is 4. The summed E-state index contributed by atoms with van der Waals surface area (Å²) in [4.78, 5) is 17.1. The van der Waals surface area contributed by atoms with Crippen LogP contribution in [0.3, 0.4) is 0 Å². The summed E-state index contributed by atoms with van der Waals surface area (Å²) in [7, 11) is 0. The molecule has 1 amide bonds. The maximum Gasteiger partial charge on any atom is 0.252 e. The Kier molecular flexibility index (Phi) is 3.87. The highest BCUT2D eigenvalue weighted by atomic mass is 16.5. The maximum atomic E-state index is 12.8. The summed E-state index contributed by atoms with van der Waals surface area (Å²) in [6.07, 6.45) is 7.70. The van der Waals surface area contributed by atoms with Crippen LogP contribution in [0.2, 0.25) is 0 Å². The van der Waals surface area contributed by atoms with E-state index >= 15 is 0 Å². The van der Waals surface area contributed by atoms with Gasteiger partial charge in [0.05, 0.1) is 0 Å². The van der Waals surface area contributed by atoms with E-state index < -0.39 is 5.54 Å². The number of amides is 1. The van der Waals surface area contributed by atoms with Crippen molar-refractivity contribution in [2.45, 2.75) is 38.1 Å². The molecule has 0 saturated heterocycles. The first-order valence-corrected chi connectivity index (χ1v) is 8.53. The van der Waals surface area contributed by atoms with Crippen molar-refractivity contribution >= 4 is 5.91 Å². The second-order valence-corrected chi connectivity index (χ2v) is 6.52. The predicted molar refractivity (Wildman–Crippen MR) is 92.4 cm³/mol. The van der Waals surface area contributed by atoms with Crippen molar-refractivity contribution in [3.63, 3.8) is 0 Å². The number of benzene rings is 1. The Morgan fingerprint density at radius 3 is 2.44 bits per heavy atom. The number of nitrogens with zero attached hydrogens (tertiary/aromatic N) is 3. The van der Waals surface area contributed by atoms with Gasteiger partial charge in [-0.05, 0) is 49.2 Å². The minimum atomic E-state index is -0.520. The summed E-state index contributed by atoms with van der Waals surface area (Å²) < 4.78 is 7.13. The molecule has 2 aromatic heterocycles. The highest BCUT2D eigenvalue weighted by Gasteiger charge is 2.41. The molecule has 128 valence electrons. The van der Waals surface area contributed by atoms with Crippen LogP contribution >= 0.6 is 0 Å². The van der Waals surface area contributed by atoms with Crippen LogP contribution in [0.15, 0.2) is 53.3 Å². The first kappa shape index (κ1) is 15.6. The number of aryl methyl sites for hydroxylation is 1. The second-order valence-electron chi connectivity index (χ2n) is 6.52. The van der Waals surface area contributed by atoms with Crippen LogP contribution in [0, 0.1) is 6.92 Å². The Labute approximate surface area is 145 Å². The van der Waals surface area contributed by atoms with Gasteiger partial charge in [-0.3, -0.25) is 4.79 Å². The third kappa shape index (κ3) is 2.95. The average Bonchev–Trinajstić information content (AvgIpc) is 3.37. The van der Waals surface area contributed by atoms with E-state index in [0.29, 0.717) is 17.3 Å². The van der Waals surface area contributed by atoms with Crippen LogP contribution in [-0.4, -0.2) is 20.6 Å². The van der Waals surface area contributed by atoms with Crippen molar-refractivity contribution in [1.82, 2.24) is 20.0 Å². The normalized spacial score (nSPS) is 16.0. The Morgan fingerprint density at radius 2 is 1.84 bits per heavy atom. The Balaban J connectivity index is 1.56. The molecule has 6 nitrogen and oxygen atoms in total. The lowest BCUT2D eigenvalue weighted by molar-refractivity contribution is 0.0892. The number of carbonyl (C=O) groups is 1. The number of aromatic nitrogens is 3. The third-order valence-corrected chi connectivity index (χ3v) is 4.80. The van der Waals surface area contributed by atoms with Crippen LogP contribution in [0.25, 0.3) is 5.69 Å². The largest absolute Gasteiger partial charge is 0.340 e. The van der Waals surface area contributed by atoms with Gasteiger partial charge in [0.1, 0.15) is 5.54 Å². The van der Waals surface area contributed by atoms with E-state index in [1.165, 1.54) is 0 Å². The molecule has 1 aliphatic carbocycles. The Bertz CT molecular complexity index is 859. The van der Waals surface area contributed by atoms with Gasteiger partial charge in [-0.25, -0.2) is 0 Å². The van der Waals surface area contributed by atoms with Crippen molar-refractivity contribution in [2.75, 3.05) is 0 Å². The summed E-state index contributed by atoms with van der Waals surface area (Å²) in [5.74, 6) is 0.995. The highest BCUT2D eigenvalue weighted by molar-refractivity contribution is 5.94. The fourth-order valence-corrected chi connectivity index (χ4v) is 3.46. The van der Waals surface area contributed by atoms with Crippen LogP contribution in [0.1, 0.15) is 47.8 Å². The van der Waals surface area contributed by atoms with Gasteiger partial charge in [0, 0.05) is 30.6 Å². The molecular weight excluding hydrogens is 316 g/mol. The molecule has 0 radical (unpaired) electrons. The first-order chi connectivity index (χ1) is 12.2. The van der Waals surface area contributed by atoms with E-state index in [1.807, 2.05) is 53.4 Å². The molecule has 1 N–H and O–H groups in total. The molecule has 0 atom stereocenters. The van der Waals surface area contributed by atoms with E-state index in [0.717, 1.165) is 31.4 Å². The first-order valence-electron chi connectivity index (χ1n) is 8.53. The topological polar surface area (TPSA) is 73.0 Å². The van der Waals surface area contributed by atoms with Crippen LogP contribution in [0.4, 0.5) is 0 Å². The fourth-order valence-electron chi connectivity index (χ4n) is 3.46. The van der Waals surface area contributed by atoms with E-state index in [-0.39, 0.29) is 5.91 Å². The van der Waals surface area contributed by atoms with Crippen molar-refractivity contribution in [3.05, 3.63) is 66.1 Å². The van der Waals surface area contributed by atoms with Gasteiger partial charge in [-0.1, -0.05) is 18.0 Å². The van der Waals surface area contributed by atoms with Crippen molar-refractivity contribution in [2.24, 2.45) is 0 Å². The standard InChI is InChI=1S/C19H20N4O2/c1-14-20-18(22-25-14)19(10-2-3-11-19)21-17(24)15-6-8-16(9-7-15)23-12-4-5-13-23/h4-9,12-13H,2-3,10-11H2,1H3,(H,21,24). The molecule has 1 saturated carbocycles. The predicted octanol–water partition coefficient (Wildman–Crippen LogP) is 3.37. The molecule has 25 heavy (non-hydrogen) atoms. The zero-order chi connectivity index (χ0) is 17.3. The average molecular weight is 336 g/mol. The molecule has 0 bridgehead atoms. The molecule has 2 heterocycles. The molecule has 0 aliphatic heterocycles. The number of hydrogen-bond donors (Lipinski definition) is 1. The SMILES string of the molecule is Cc1nc(C2(NC(=O)c3ccc(-n4cccc4)cc3)CCCC2)no1. The van der Waals surface area contributed by atoms with Crippen LogP contribution < -0.4 is 5.32 Å². The number of rotatable bonds is 4. The monoisotopic (exact) mass is 336 g/mol. The zero-order valence-electron chi connectivity index (χ0n) is 14.1. The van der Waals surface area contributed by atoms with Gasteiger partial charge in [0.15, 0.2) is 5.82 Å². The lowest BCUT2D eigenvalue weighted by Gasteiger charge is -2.26. The highest BCUT2D eigenvalue weighted by Crippen LogP contribution is 2.37. The summed E-state index contributed by atoms with van der Waals surface area (Å²) in [6, 6.07) is 11.5. The van der Waals surface area contributed by atoms with E-state index in [2.05, 4.69) is 15.5 Å². The van der Waals surface area contributed by atoms with Gasteiger partial charge in [-0.2, -0.15) is 4.98 Å². The van der Waals surface area contributed by atoms with E-state index in [9.17, 15) is 4.79 Å². The van der Waals surface area contributed by atoms with Crippen LogP contribution in [0.5, 0.6) is 0 Å². The lowest BCUT2D eigenvalue weighted by atomic mass is 9.96. The smallest absolute Gasteiger partial charge is 0.252 e. The number of carbonyl (C=O) groups excluding carboxylic acids is 1. The summed E-state index contributed by atoms with van der Waals surface area (Å²) in [5.41, 5.74) is 1.13.